The lowest BCUT2D eigenvalue weighted by atomic mass is 9.91. The van der Waals surface area contributed by atoms with Gasteiger partial charge >= 0.3 is 5.97 Å². The number of carboxylic acids is 1. The number of hydrogen-bond acceptors (Lipinski definition) is 3. The monoisotopic (exact) mass is 295 g/mol. The van der Waals surface area contributed by atoms with E-state index in [0.29, 0.717) is 6.54 Å². The van der Waals surface area contributed by atoms with Crippen LogP contribution < -0.4 is 0 Å². The zero-order valence-electron chi connectivity index (χ0n) is 12.1. The third kappa shape index (κ3) is 2.59. The van der Waals surface area contributed by atoms with Gasteiger partial charge in [0.1, 0.15) is 0 Å². The maximum absolute atomic E-state index is 12.6. The van der Waals surface area contributed by atoms with Crippen LogP contribution in [0.15, 0.2) is 11.4 Å². The first-order valence-electron chi connectivity index (χ1n) is 7.06. The quantitative estimate of drug-likeness (QED) is 0.929. The molecule has 1 N–H and O–H groups in total. The van der Waals surface area contributed by atoms with Gasteiger partial charge in [0.15, 0.2) is 0 Å². The number of amides is 1. The molecule has 0 radical (unpaired) electrons. The number of aliphatic carboxylic acids is 1. The second-order valence-electron chi connectivity index (χ2n) is 5.42. The predicted molar refractivity (Wildman–Crippen MR) is 78.7 cm³/mol. The molecule has 5 heteroatoms. The summed E-state index contributed by atoms with van der Waals surface area (Å²) < 4.78 is 0. The van der Waals surface area contributed by atoms with Crippen molar-refractivity contribution in [2.24, 2.45) is 11.8 Å². The normalized spacial score (nSPS) is 21.1. The highest BCUT2D eigenvalue weighted by Gasteiger charge is 2.35. The van der Waals surface area contributed by atoms with E-state index in [1.807, 2.05) is 4.90 Å². The van der Waals surface area contributed by atoms with Crippen molar-refractivity contribution in [3.63, 3.8) is 0 Å². The van der Waals surface area contributed by atoms with E-state index in [9.17, 15) is 9.59 Å². The average Bonchev–Trinajstić information content (AvgIpc) is 2.91. The van der Waals surface area contributed by atoms with Crippen molar-refractivity contribution in [2.75, 3.05) is 6.54 Å². The van der Waals surface area contributed by atoms with Gasteiger partial charge in [-0.1, -0.05) is 20.8 Å². The second-order valence-corrected chi connectivity index (χ2v) is 6.42. The number of rotatable bonds is 4. The van der Waals surface area contributed by atoms with E-state index >= 15 is 0 Å². The van der Waals surface area contributed by atoms with Crippen LogP contribution in [0.5, 0.6) is 0 Å². The molecular weight excluding hydrogens is 274 g/mol. The molecule has 0 saturated carbocycles. The van der Waals surface area contributed by atoms with Gasteiger partial charge in [0.25, 0.3) is 0 Å². The van der Waals surface area contributed by atoms with Gasteiger partial charge in [-0.3, -0.25) is 9.59 Å². The van der Waals surface area contributed by atoms with Crippen molar-refractivity contribution < 1.29 is 14.7 Å². The maximum Gasteiger partial charge on any atom is 0.307 e. The van der Waals surface area contributed by atoms with E-state index in [1.54, 1.807) is 25.2 Å². The Kier molecular flexibility index (Phi) is 4.48. The van der Waals surface area contributed by atoms with Gasteiger partial charge in [-0.15, -0.1) is 11.3 Å². The zero-order chi connectivity index (χ0) is 14.9. The molecule has 3 atom stereocenters. The summed E-state index contributed by atoms with van der Waals surface area (Å²) in [4.78, 5) is 26.9. The lowest BCUT2D eigenvalue weighted by Crippen LogP contribution is -2.44. The number of carbonyl (C=O) groups is 2. The SMILES string of the molecule is CCC1c2ccsc2CCN1C(=O)C(C)C(C)C(=O)O. The van der Waals surface area contributed by atoms with Gasteiger partial charge in [-0.25, -0.2) is 0 Å². The first kappa shape index (κ1) is 15.0. The first-order valence-corrected chi connectivity index (χ1v) is 7.94. The van der Waals surface area contributed by atoms with E-state index in [4.69, 9.17) is 5.11 Å². The predicted octanol–water partition coefficient (Wildman–Crippen LogP) is 2.94. The fourth-order valence-corrected chi connectivity index (χ4v) is 3.72. The van der Waals surface area contributed by atoms with Crippen molar-refractivity contribution in [3.05, 3.63) is 21.9 Å². The molecule has 2 heterocycles. The summed E-state index contributed by atoms with van der Waals surface area (Å²) in [6.45, 7) is 6.09. The number of carbonyl (C=O) groups excluding carboxylic acids is 1. The van der Waals surface area contributed by atoms with E-state index < -0.39 is 17.8 Å². The minimum absolute atomic E-state index is 0.0383. The van der Waals surface area contributed by atoms with Crippen LogP contribution in [-0.2, 0) is 16.0 Å². The molecule has 1 aromatic heterocycles. The largest absolute Gasteiger partial charge is 0.481 e. The van der Waals surface area contributed by atoms with Gasteiger partial charge in [0.2, 0.25) is 5.91 Å². The van der Waals surface area contributed by atoms with Crippen LogP contribution in [0.25, 0.3) is 0 Å². The van der Waals surface area contributed by atoms with Crippen molar-refractivity contribution in [2.45, 2.75) is 39.7 Å². The molecule has 0 saturated heterocycles. The van der Waals surface area contributed by atoms with Crippen LogP contribution in [0.3, 0.4) is 0 Å². The molecule has 110 valence electrons. The Morgan fingerprint density at radius 3 is 2.75 bits per heavy atom. The molecule has 1 amide bonds. The molecule has 1 aliphatic heterocycles. The second kappa shape index (κ2) is 5.95. The van der Waals surface area contributed by atoms with Crippen LogP contribution in [-0.4, -0.2) is 28.4 Å². The molecule has 3 unspecified atom stereocenters. The number of nitrogens with zero attached hydrogens (tertiary/aromatic N) is 1. The summed E-state index contributed by atoms with van der Waals surface area (Å²) in [6, 6.07) is 2.19. The van der Waals surface area contributed by atoms with Crippen LogP contribution in [0.4, 0.5) is 0 Å². The molecule has 4 nitrogen and oxygen atoms in total. The van der Waals surface area contributed by atoms with E-state index in [0.717, 1.165) is 12.8 Å². The molecule has 0 spiro atoms. The molecular formula is C15H21NO3S. The Morgan fingerprint density at radius 1 is 1.45 bits per heavy atom. The van der Waals surface area contributed by atoms with Crippen LogP contribution in [0.2, 0.25) is 0 Å². The summed E-state index contributed by atoms with van der Waals surface area (Å²) in [5, 5.41) is 11.2. The van der Waals surface area contributed by atoms with Crippen LogP contribution in [0.1, 0.15) is 43.7 Å². The highest BCUT2D eigenvalue weighted by atomic mass is 32.1. The van der Waals surface area contributed by atoms with Gasteiger partial charge in [-0.05, 0) is 29.9 Å². The van der Waals surface area contributed by atoms with E-state index in [-0.39, 0.29) is 11.9 Å². The van der Waals surface area contributed by atoms with Gasteiger partial charge < -0.3 is 10.0 Å². The molecule has 0 aliphatic carbocycles. The van der Waals surface area contributed by atoms with Crippen molar-refractivity contribution in [3.8, 4) is 0 Å². The minimum atomic E-state index is -0.910. The summed E-state index contributed by atoms with van der Waals surface area (Å²) in [6.07, 6.45) is 1.74. The van der Waals surface area contributed by atoms with Gasteiger partial charge in [0.05, 0.1) is 12.0 Å². The number of fused-ring (bicyclic) bond motifs is 1. The van der Waals surface area contributed by atoms with Gasteiger partial charge in [0, 0.05) is 17.3 Å². The number of thiophene rings is 1. The Morgan fingerprint density at radius 2 is 2.15 bits per heavy atom. The minimum Gasteiger partial charge on any atom is -0.481 e. The highest BCUT2D eigenvalue weighted by Crippen LogP contribution is 2.36. The molecule has 0 fully saturated rings. The summed E-state index contributed by atoms with van der Waals surface area (Å²) >= 11 is 1.75. The first-order chi connectivity index (χ1) is 9.47. The van der Waals surface area contributed by atoms with Gasteiger partial charge in [-0.2, -0.15) is 0 Å². The summed E-state index contributed by atoms with van der Waals surface area (Å²) in [5.74, 6) is -2.08. The lowest BCUT2D eigenvalue weighted by molar-refractivity contribution is -0.150. The standard InChI is InChI=1S/C15H21NO3S/c1-4-12-11-6-8-20-13(11)5-7-16(12)14(17)9(2)10(3)15(18)19/h6,8-10,12H,4-5,7H2,1-3H3,(H,18,19). The third-order valence-electron chi connectivity index (χ3n) is 4.29. The van der Waals surface area contributed by atoms with Crippen LogP contribution >= 0.6 is 11.3 Å². The third-order valence-corrected chi connectivity index (χ3v) is 5.29. The molecule has 2 rings (SSSR count). The van der Waals surface area contributed by atoms with E-state index in [2.05, 4.69) is 18.4 Å². The summed E-state index contributed by atoms with van der Waals surface area (Å²) in [5.41, 5.74) is 1.24. The fourth-order valence-electron chi connectivity index (χ4n) is 2.79. The zero-order valence-corrected chi connectivity index (χ0v) is 12.9. The molecule has 0 aromatic carbocycles. The smallest absolute Gasteiger partial charge is 0.307 e. The Hall–Kier alpha value is -1.36. The topological polar surface area (TPSA) is 57.6 Å². The highest BCUT2D eigenvalue weighted by molar-refractivity contribution is 7.10. The van der Waals surface area contributed by atoms with Crippen molar-refractivity contribution >= 4 is 23.2 Å². The summed E-state index contributed by atoms with van der Waals surface area (Å²) in [7, 11) is 0. The Labute approximate surface area is 123 Å². The Bertz CT molecular complexity index is 511. The van der Waals surface area contributed by atoms with Crippen molar-refractivity contribution in [1.82, 2.24) is 4.90 Å². The Balaban J connectivity index is 2.20. The average molecular weight is 295 g/mol. The molecule has 20 heavy (non-hydrogen) atoms. The fraction of sp³-hybridized carbons (Fsp3) is 0.600. The lowest BCUT2D eigenvalue weighted by Gasteiger charge is -2.37. The molecule has 1 aromatic rings. The van der Waals surface area contributed by atoms with Crippen molar-refractivity contribution in [1.29, 1.82) is 0 Å². The number of hydrogen-bond donors (Lipinski definition) is 1. The van der Waals surface area contributed by atoms with E-state index in [1.165, 1.54) is 10.4 Å². The molecule has 0 bridgehead atoms. The number of carboxylic acid groups (broad SMARTS) is 1. The maximum atomic E-state index is 12.6. The van der Waals surface area contributed by atoms with Crippen LogP contribution in [0, 0.1) is 11.8 Å². The molecule has 1 aliphatic rings.